The molecular formula is C15H21NO3. The van der Waals surface area contributed by atoms with E-state index in [1.807, 2.05) is 13.8 Å². The van der Waals surface area contributed by atoms with Crippen LogP contribution in [0.4, 0.5) is 5.69 Å². The van der Waals surface area contributed by atoms with E-state index in [1.54, 1.807) is 36.2 Å². The smallest absolute Gasteiger partial charge is 0.232 e. The zero-order valence-corrected chi connectivity index (χ0v) is 11.8. The lowest BCUT2D eigenvalue weighted by Crippen LogP contribution is -2.38. The van der Waals surface area contributed by atoms with Gasteiger partial charge in [-0.05, 0) is 44.0 Å². The quantitative estimate of drug-likeness (QED) is 0.891. The molecule has 1 aliphatic heterocycles. The Morgan fingerprint density at radius 3 is 2.21 bits per heavy atom. The molecule has 19 heavy (non-hydrogen) atoms. The Morgan fingerprint density at radius 2 is 1.74 bits per heavy atom. The van der Waals surface area contributed by atoms with Crippen molar-refractivity contribution in [2.45, 2.75) is 33.0 Å². The molecule has 1 aromatic rings. The molecule has 1 N–H and O–H groups in total. The lowest BCUT2D eigenvalue weighted by Gasteiger charge is -2.25. The minimum Gasteiger partial charge on any atom is -0.508 e. The van der Waals surface area contributed by atoms with Gasteiger partial charge in [-0.3, -0.25) is 4.79 Å². The largest absolute Gasteiger partial charge is 0.508 e. The van der Waals surface area contributed by atoms with E-state index < -0.39 is 0 Å². The van der Waals surface area contributed by atoms with Gasteiger partial charge in [-0.25, -0.2) is 0 Å². The van der Waals surface area contributed by atoms with Crippen molar-refractivity contribution in [2.75, 3.05) is 11.9 Å². The first-order valence-electron chi connectivity index (χ1n) is 6.64. The molecule has 1 saturated heterocycles. The van der Waals surface area contributed by atoms with E-state index in [0.717, 1.165) is 5.69 Å². The minimum absolute atomic E-state index is 0.0583. The van der Waals surface area contributed by atoms with Crippen LogP contribution in [0.5, 0.6) is 5.75 Å². The van der Waals surface area contributed by atoms with Crippen molar-refractivity contribution in [1.82, 2.24) is 0 Å². The molecule has 4 unspecified atom stereocenters. The molecule has 4 heteroatoms. The van der Waals surface area contributed by atoms with Crippen LogP contribution in [0, 0.1) is 11.8 Å². The number of phenolic OH excluding ortho intramolecular Hbond substituents is 1. The summed E-state index contributed by atoms with van der Waals surface area (Å²) in [5, 5.41) is 9.28. The number of hydrogen-bond acceptors (Lipinski definition) is 3. The number of rotatable bonds is 2. The fourth-order valence-corrected chi connectivity index (χ4v) is 2.72. The van der Waals surface area contributed by atoms with Gasteiger partial charge in [0.2, 0.25) is 5.91 Å². The number of hydrogen-bond donors (Lipinski definition) is 1. The summed E-state index contributed by atoms with van der Waals surface area (Å²) >= 11 is 0. The number of carbonyl (C=O) groups excluding carboxylic acids is 1. The number of ether oxygens (including phenoxy) is 1. The number of nitrogens with zero attached hydrogens (tertiary/aromatic N) is 1. The molecule has 1 amide bonds. The van der Waals surface area contributed by atoms with E-state index in [0.29, 0.717) is 0 Å². The second kappa shape index (κ2) is 5.21. The fraction of sp³-hybridized carbons (Fsp3) is 0.533. The molecule has 1 aromatic carbocycles. The maximum atomic E-state index is 12.6. The zero-order valence-electron chi connectivity index (χ0n) is 11.8. The number of anilines is 1. The molecule has 2 rings (SSSR count). The monoisotopic (exact) mass is 263 g/mol. The molecule has 0 aliphatic carbocycles. The number of aromatic hydroxyl groups is 1. The van der Waals surface area contributed by atoms with Gasteiger partial charge in [0, 0.05) is 12.7 Å². The van der Waals surface area contributed by atoms with Gasteiger partial charge >= 0.3 is 0 Å². The van der Waals surface area contributed by atoms with Crippen molar-refractivity contribution in [3.05, 3.63) is 24.3 Å². The van der Waals surface area contributed by atoms with Crippen LogP contribution in [0.25, 0.3) is 0 Å². The van der Waals surface area contributed by atoms with Crippen molar-refractivity contribution < 1.29 is 14.6 Å². The molecular weight excluding hydrogens is 242 g/mol. The Hall–Kier alpha value is -1.55. The first kappa shape index (κ1) is 13.9. The van der Waals surface area contributed by atoms with Crippen LogP contribution in [0.3, 0.4) is 0 Å². The highest BCUT2D eigenvalue weighted by Gasteiger charge is 2.42. The first-order chi connectivity index (χ1) is 8.91. The van der Waals surface area contributed by atoms with E-state index in [2.05, 4.69) is 6.92 Å². The van der Waals surface area contributed by atoms with Gasteiger partial charge in [0.25, 0.3) is 0 Å². The molecule has 0 bridgehead atoms. The summed E-state index contributed by atoms with van der Waals surface area (Å²) in [7, 11) is 1.76. The molecule has 0 saturated carbocycles. The standard InChI is InChI=1S/C15H21NO3/c1-9-10(2)19-11(3)14(9)15(18)16(4)12-5-7-13(17)8-6-12/h5-11,14,17H,1-4H3. The van der Waals surface area contributed by atoms with Crippen LogP contribution in [-0.2, 0) is 9.53 Å². The Bertz CT molecular complexity index is 457. The van der Waals surface area contributed by atoms with E-state index >= 15 is 0 Å². The van der Waals surface area contributed by atoms with Crippen LogP contribution in [0.15, 0.2) is 24.3 Å². The predicted octanol–water partition coefficient (Wildman–Crippen LogP) is 2.41. The first-order valence-corrected chi connectivity index (χ1v) is 6.64. The molecule has 1 aliphatic rings. The average molecular weight is 263 g/mol. The van der Waals surface area contributed by atoms with Gasteiger partial charge in [-0.1, -0.05) is 6.92 Å². The summed E-state index contributed by atoms with van der Waals surface area (Å²) in [4.78, 5) is 14.2. The third-order valence-electron chi connectivity index (χ3n) is 4.09. The Kier molecular flexibility index (Phi) is 3.80. The van der Waals surface area contributed by atoms with Crippen molar-refractivity contribution in [1.29, 1.82) is 0 Å². The number of carbonyl (C=O) groups is 1. The normalized spacial score (nSPS) is 30.3. The SMILES string of the molecule is CC1OC(C)C(C(=O)N(C)c2ccc(O)cc2)C1C. The lowest BCUT2D eigenvalue weighted by molar-refractivity contribution is -0.124. The summed E-state index contributed by atoms with van der Waals surface area (Å²) in [5.41, 5.74) is 0.779. The number of benzene rings is 1. The highest BCUT2D eigenvalue weighted by molar-refractivity contribution is 5.95. The van der Waals surface area contributed by atoms with Gasteiger partial charge in [0.15, 0.2) is 0 Å². The second-order valence-electron chi connectivity index (χ2n) is 5.34. The van der Waals surface area contributed by atoms with E-state index in [-0.39, 0.29) is 35.7 Å². The summed E-state index contributed by atoms with van der Waals surface area (Å²) < 4.78 is 5.72. The van der Waals surface area contributed by atoms with Crippen molar-refractivity contribution in [3.63, 3.8) is 0 Å². The van der Waals surface area contributed by atoms with Gasteiger partial charge < -0.3 is 14.7 Å². The van der Waals surface area contributed by atoms with Crippen LogP contribution >= 0.6 is 0 Å². The molecule has 4 nitrogen and oxygen atoms in total. The number of phenols is 1. The highest BCUT2D eigenvalue weighted by Crippen LogP contribution is 2.34. The summed E-state index contributed by atoms with van der Waals surface area (Å²) in [6, 6.07) is 6.64. The topological polar surface area (TPSA) is 49.8 Å². The maximum absolute atomic E-state index is 12.6. The fourth-order valence-electron chi connectivity index (χ4n) is 2.72. The third-order valence-corrected chi connectivity index (χ3v) is 4.09. The predicted molar refractivity (Wildman–Crippen MR) is 74.2 cm³/mol. The van der Waals surface area contributed by atoms with Crippen LogP contribution in [0.2, 0.25) is 0 Å². The van der Waals surface area contributed by atoms with Crippen molar-refractivity contribution >= 4 is 11.6 Å². The van der Waals surface area contributed by atoms with Gasteiger partial charge in [-0.2, -0.15) is 0 Å². The van der Waals surface area contributed by atoms with Crippen LogP contribution < -0.4 is 4.90 Å². The van der Waals surface area contributed by atoms with E-state index in [1.165, 1.54) is 0 Å². The molecule has 4 atom stereocenters. The summed E-state index contributed by atoms with van der Waals surface area (Å²) in [6.45, 7) is 6.02. The Balaban J connectivity index is 2.17. The third kappa shape index (κ3) is 2.59. The average Bonchev–Trinajstić information content (AvgIpc) is 2.62. The van der Waals surface area contributed by atoms with Crippen LogP contribution in [-0.4, -0.2) is 30.3 Å². The molecule has 0 spiro atoms. The molecule has 0 radical (unpaired) electrons. The van der Waals surface area contributed by atoms with Crippen molar-refractivity contribution in [2.24, 2.45) is 11.8 Å². The molecule has 0 aromatic heterocycles. The van der Waals surface area contributed by atoms with Gasteiger partial charge in [0.05, 0.1) is 18.1 Å². The molecule has 1 fully saturated rings. The van der Waals surface area contributed by atoms with Crippen LogP contribution in [0.1, 0.15) is 20.8 Å². The zero-order chi connectivity index (χ0) is 14.2. The summed E-state index contributed by atoms with van der Waals surface area (Å²) in [6.07, 6.45) is 0.0502. The van der Waals surface area contributed by atoms with E-state index in [4.69, 9.17) is 4.74 Å². The van der Waals surface area contributed by atoms with E-state index in [9.17, 15) is 9.90 Å². The van der Waals surface area contributed by atoms with Gasteiger partial charge in [0.1, 0.15) is 5.75 Å². The lowest BCUT2D eigenvalue weighted by atomic mass is 9.88. The summed E-state index contributed by atoms with van der Waals surface area (Å²) in [5.74, 6) is 0.357. The highest BCUT2D eigenvalue weighted by atomic mass is 16.5. The molecule has 104 valence electrons. The van der Waals surface area contributed by atoms with Gasteiger partial charge in [-0.15, -0.1) is 0 Å². The Labute approximate surface area is 114 Å². The second-order valence-corrected chi connectivity index (χ2v) is 5.34. The Morgan fingerprint density at radius 1 is 1.16 bits per heavy atom. The maximum Gasteiger partial charge on any atom is 0.232 e. The van der Waals surface area contributed by atoms with Crippen molar-refractivity contribution in [3.8, 4) is 5.75 Å². The minimum atomic E-state index is -0.117. The molecule has 1 heterocycles. The number of amides is 1.